The molecule has 1 aliphatic heterocycles. The summed E-state index contributed by atoms with van der Waals surface area (Å²) in [6.07, 6.45) is 0.420. The monoisotopic (exact) mass is 378 g/mol. The average Bonchev–Trinajstić information content (AvgIpc) is 3.04. The van der Waals surface area contributed by atoms with Crippen molar-refractivity contribution in [1.82, 2.24) is 10.5 Å². The van der Waals surface area contributed by atoms with Gasteiger partial charge in [0.1, 0.15) is 18.1 Å². The van der Waals surface area contributed by atoms with Crippen molar-refractivity contribution < 1.29 is 22.5 Å². The number of amides is 1. The lowest BCUT2D eigenvalue weighted by molar-refractivity contribution is 0.0915. The maximum atomic E-state index is 12.5. The summed E-state index contributed by atoms with van der Waals surface area (Å²) in [6, 6.07) is 6.80. The van der Waals surface area contributed by atoms with Gasteiger partial charge in [0.25, 0.3) is 5.91 Å². The number of nitrogens with one attached hydrogen (secondary N) is 1. The van der Waals surface area contributed by atoms with Crippen LogP contribution in [0.5, 0.6) is 5.75 Å². The Morgan fingerprint density at radius 3 is 2.77 bits per heavy atom. The van der Waals surface area contributed by atoms with Gasteiger partial charge in [0, 0.05) is 5.56 Å². The minimum absolute atomic E-state index is 0.0338. The third-order valence-electron chi connectivity index (χ3n) is 4.58. The van der Waals surface area contributed by atoms with Gasteiger partial charge in [0.05, 0.1) is 28.3 Å². The molecule has 1 amide bonds. The Morgan fingerprint density at radius 2 is 2.15 bits per heavy atom. The molecule has 1 fully saturated rings. The van der Waals surface area contributed by atoms with E-state index in [4.69, 9.17) is 9.26 Å². The van der Waals surface area contributed by atoms with Crippen molar-refractivity contribution in [3.63, 3.8) is 0 Å². The molecule has 0 radical (unpaired) electrons. The molecule has 1 saturated heterocycles. The van der Waals surface area contributed by atoms with Gasteiger partial charge >= 0.3 is 0 Å². The lowest BCUT2D eigenvalue weighted by Gasteiger charge is -2.24. The number of hydrogen-bond acceptors (Lipinski definition) is 6. The molecular weight excluding hydrogens is 356 g/mol. The Bertz CT molecular complexity index is 915. The van der Waals surface area contributed by atoms with E-state index >= 15 is 0 Å². The molecule has 0 unspecified atom stereocenters. The molecule has 26 heavy (non-hydrogen) atoms. The van der Waals surface area contributed by atoms with Crippen molar-refractivity contribution in [3.8, 4) is 5.75 Å². The topological polar surface area (TPSA) is 98.5 Å². The fourth-order valence-corrected chi connectivity index (χ4v) is 5.14. The molecule has 8 heteroatoms. The quantitative estimate of drug-likeness (QED) is 0.856. The number of nitrogens with zero attached hydrogens (tertiary/aromatic N) is 1. The molecule has 140 valence electrons. The molecular formula is C18H22N2O5S. The van der Waals surface area contributed by atoms with E-state index in [0.29, 0.717) is 30.1 Å². The minimum atomic E-state index is -3.09. The Hall–Kier alpha value is -2.35. The molecule has 1 aliphatic rings. The highest BCUT2D eigenvalue weighted by Gasteiger charge is 2.39. The Morgan fingerprint density at radius 1 is 1.38 bits per heavy atom. The van der Waals surface area contributed by atoms with E-state index in [-0.39, 0.29) is 17.4 Å². The molecule has 2 heterocycles. The molecule has 2 aromatic rings. The van der Waals surface area contributed by atoms with E-state index in [9.17, 15) is 13.2 Å². The highest BCUT2D eigenvalue weighted by Crippen LogP contribution is 2.24. The first-order chi connectivity index (χ1) is 12.2. The van der Waals surface area contributed by atoms with Gasteiger partial charge in [-0.25, -0.2) is 8.42 Å². The fourth-order valence-electron chi connectivity index (χ4n) is 3.05. The predicted molar refractivity (Wildman–Crippen MR) is 95.9 cm³/mol. The summed E-state index contributed by atoms with van der Waals surface area (Å²) < 4.78 is 34.2. The number of sulfone groups is 1. The van der Waals surface area contributed by atoms with Gasteiger partial charge in [-0.05, 0) is 45.4 Å². The van der Waals surface area contributed by atoms with Crippen molar-refractivity contribution in [3.05, 3.63) is 46.8 Å². The van der Waals surface area contributed by atoms with Crippen molar-refractivity contribution in [2.75, 3.05) is 11.5 Å². The molecule has 1 aromatic heterocycles. The first-order valence-electron chi connectivity index (χ1n) is 8.35. The highest BCUT2D eigenvalue weighted by molar-refractivity contribution is 7.91. The van der Waals surface area contributed by atoms with Crippen LogP contribution in [0.15, 0.2) is 28.8 Å². The van der Waals surface area contributed by atoms with Gasteiger partial charge in [-0.3, -0.25) is 4.79 Å². The van der Waals surface area contributed by atoms with E-state index < -0.39 is 15.4 Å². The maximum absolute atomic E-state index is 12.5. The highest BCUT2D eigenvalue weighted by atomic mass is 32.2. The van der Waals surface area contributed by atoms with Crippen molar-refractivity contribution in [1.29, 1.82) is 0 Å². The molecule has 7 nitrogen and oxygen atoms in total. The van der Waals surface area contributed by atoms with Crippen molar-refractivity contribution >= 4 is 15.7 Å². The summed E-state index contributed by atoms with van der Waals surface area (Å²) in [6.45, 7) is 5.71. The molecule has 1 aromatic carbocycles. The summed E-state index contributed by atoms with van der Waals surface area (Å²) in [5, 5.41) is 6.73. The Kier molecular flexibility index (Phi) is 4.79. The average molecular weight is 378 g/mol. The van der Waals surface area contributed by atoms with Crippen LogP contribution < -0.4 is 10.1 Å². The molecule has 0 saturated carbocycles. The van der Waals surface area contributed by atoms with Crippen LogP contribution >= 0.6 is 0 Å². The lowest BCUT2D eigenvalue weighted by Crippen LogP contribution is -2.46. The molecule has 0 bridgehead atoms. The molecule has 1 N–H and O–H groups in total. The first kappa shape index (κ1) is 18.4. The second-order valence-electron chi connectivity index (χ2n) is 6.98. The van der Waals surface area contributed by atoms with Gasteiger partial charge in [0.15, 0.2) is 9.84 Å². The largest absolute Gasteiger partial charge is 0.489 e. The molecule has 1 atom stereocenters. The second-order valence-corrected chi connectivity index (χ2v) is 9.16. The van der Waals surface area contributed by atoms with Crippen molar-refractivity contribution in [2.24, 2.45) is 0 Å². The number of aryl methyl sites for hydroxylation is 2. The predicted octanol–water partition coefficient (Wildman–Crippen LogP) is 2.18. The summed E-state index contributed by atoms with van der Waals surface area (Å²) >= 11 is 0. The Labute approximate surface area is 152 Å². The first-order valence-corrected chi connectivity index (χ1v) is 10.2. The van der Waals surface area contributed by atoms with Crippen LogP contribution in [0.1, 0.15) is 40.7 Å². The van der Waals surface area contributed by atoms with Gasteiger partial charge < -0.3 is 14.6 Å². The normalized spacial score (nSPS) is 21.5. The summed E-state index contributed by atoms with van der Waals surface area (Å²) in [7, 11) is -3.09. The maximum Gasteiger partial charge on any atom is 0.251 e. The van der Waals surface area contributed by atoms with E-state index in [1.165, 1.54) is 0 Å². The zero-order valence-electron chi connectivity index (χ0n) is 15.0. The van der Waals surface area contributed by atoms with Crippen LogP contribution in [0.3, 0.4) is 0 Å². The van der Waals surface area contributed by atoms with Crippen LogP contribution in [0.25, 0.3) is 0 Å². The number of rotatable bonds is 5. The van der Waals surface area contributed by atoms with Crippen molar-refractivity contribution in [2.45, 2.75) is 39.3 Å². The number of carbonyl (C=O) groups excluding carboxylic acids is 1. The van der Waals surface area contributed by atoms with Gasteiger partial charge in [-0.2, -0.15) is 0 Å². The number of carbonyl (C=O) groups is 1. The van der Waals surface area contributed by atoms with Gasteiger partial charge in [0.2, 0.25) is 0 Å². The zero-order valence-corrected chi connectivity index (χ0v) is 15.9. The fraction of sp³-hybridized carbons (Fsp3) is 0.444. The zero-order chi connectivity index (χ0) is 18.9. The van der Waals surface area contributed by atoms with E-state index in [1.54, 1.807) is 31.2 Å². The Balaban J connectivity index is 1.68. The van der Waals surface area contributed by atoms with Crippen LogP contribution in [-0.4, -0.2) is 36.5 Å². The van der Waals surface area contributed by atoms with Crippen LogP contribution in [-0.2, 0) is 16.4 Å². The van der Waals surface area contributed by atoms with E-state index in [1.807, 2.05) is 13.8 Å². The minimum Gasteiger partial charge on any atom is -0.489 e. The smallest absolute Gasteiger partial charge is 0.251 e. The summed E-state index contributed by atoms with van der Waals surface area (Å²) in [5.74, 6) is 0.999. The van der Waals surface area contributed by atoms with Crippen LogP contribution in [0.2, 0.25) is 0 Å². The number of ether oxygens (including phenoxy) is 1. The number of hydrogen-bond donors (Lipinski definition) is 1. The standard InChI is InChI=1S/C18H22N2O5S/c1-12-16(13(2)25-20-12)10-24-15-6-4-5-14(9-15)17(21)19-18(3)7-8-26(22,23)11-18/h4-6,9H,7-8,10-11H2,1-3H3,(H,19,21)/t18-/m0/s1. The third-order valence-corrected chi connectivity index (χ3v) is 6.48. The lowest BCUT2D eigenvalue weighted by atomic mass is 10.0. The SMILES string of the molecule is Cc1noc(C)c1COc1cccc(C(=O)N[C@@]2(C)CCS(=O)(=O)C2)c1. The molecule has 0 aliphatic carbocycles. The van der Waals surface area contributed by atoms with Gasteiger partial charge in [-0.1, -0.05) is 11.2 Å². The second kappa shape index (κ2) is 6.75. The van der Waals surface area contributed by atoms with E-state index in [0.717, 1.165) is 11.3 Å². The summed E-state index contributed by atoms with van der Waals surface area (Å²) in [4.78, 5) is 12.5. The third kappa shape index (κ3) is 4.07. The van der Waals surface area contributed by atoms with Crippen LogP contribution in [0, 0.1) is 13.8 Å². The number of benzene rings is 1. The van der Waals surface area contributed by atoms with E-state index in [2.05, 4.69) is 10.5 Å². The molecule has 0 spiro atoms. The van der Waals surface area contributed by atoms with Gasteiger partial charge in [-0.15, -0.1) is 0 Å². The summed E-state index contributed by atoms with van der Waals surface area (Å²) in [5.41, 5.74) is 1.34. The van der Waals surface area contributed by atoms with Crippen LogP contribution in [0.4, 0.5) is 0 Å². The molecule has 3 rings (SSSR count). The number of aromatic nitrogens is 1.